The van der Waals surface area contributed by atoms with Gasteiger partial charge in [-0.1, -0.05) is 0 Å². The number of rotatable bonds is 5. The van der Waals surface area contributed by atoms with Crippen molar-refractivity contribution in [2.45, 2.75) is 0 Å². The number of methoxy groups -OCH3 is 2. The summed E-state index contributed by atoms with van der Waals surface area (Å²) in [7, 11) is 3.16. The molecule has 1 aromatic heterocycles. The van der Waals surface area contributed by atoms with E-state index >= 15 is 0 Å². The SMILES string of the molecule is COc1ccc(-c2cc(-c3ccc([N+](=O)[O-])cc3)[nH]n2)cc1OC. The average Bonchev–Trinajstić information content (AvgIpc) is 3.11. The molecular formula is C17H15N3O4. The Morgan fingerprint density at radius 1 is 0.958 bits per heavy atom. The number of nitrogens with zero attached hydrogens (tertiary/aromatic N) is 2. The zero-order valence-corrected chi connectivity index (χ0v) is 13.1. The Bertz CT molecular complexity index is 872. The second-order valence-corrected chi connectivity index (χ2v) is 5.04. The zero-order chi connectivity index (χ0) is 17.1. The van der Waals surface area contributed by atoms with E-state index in [-0.39, 0.29) is 5.69 Å². The Balaban J connectivity index is 1.91. The predicted octanol–water partition coefficient (Wildman–Crippen LogP) is 3.67. The second kappa shape index (κ2) is 6.41. The van der Waals surface area contributed by atoms with E-state index in [1.807, 2.05) is 24.3 Å². The van der Waals surface area contributed by atoms with Gasteiger partial charge in [0.05, 0.1) is 30.5 Å². The van der Waals surface area contributed by atoms with Gasteiger partial charge in [-0.15, -0.1) is 0 Å². The Morgan fingerprint density at radius 3 is 2.25 bits per heavy atom. The molecule has 122 valence electrons. The van der Waals surface area contributed by atoms with Gasteiger partial charge in [0.15, 0.2) is 11.5 Å². The minimum atomic E-state index is -0.425. The zero-order valence-electron chi connectivity index (χ0n) is 13.1. The molecule has 7 nitrogen and oxygen atoms in total. The molecule has 0 aliphatic rings. The van der Waals surface area contributed by atoms with Crippen LogP contribution in [0.5, 0.6) is 11.5 Å². The normalized spacial score (nSPS) is 10.4. The number of hydrogen-bond donors (Lipinski definition) is 1. The molecule has 0 saturated heterocycles. The quantitative estimate of drug-likeness (QED) is 0.571. The third kappa shape index (κ3) is 2.91. The summed E-state index contributed by atoms with van der Waals surface area (Å²) in [5.74, 6) is 1.27. The van der Waals surface area contributed by atoms with Gasteiger partial charge in [-0.25, -0.2) is 0 Å². The molecule has 3 aromatic rings. The number of benzene rings is 2. The van der Waals surface area contributed by atoms with Gasteiger partial charge in [-0.2, -0.15) is 5.10 Å². The van der Waals surface area contributed by atoms with E-state index in [1.165, 1.54) is 12.1 Å². The summed E-state index contributed by atoms with van der Waals surface area (Å²) in [5, 5.41) is 18.0. The van der Waals surface area contributed by atoms with Gasteiger partial charge in [0.2, 0.25) is 0 Å². The van der Waals surface area contributed by atoms with Crippen LogP contribution in [0.4, 0.5) is 5.69 Å². The highest BCUT2D eigenvalue weighted by molar-refractivity contribution is 5.70. The third-order valence-electron chi connectivity index (χ3n) is 3.65. The van der Waals surface area contributed by atoms with Crippen molar-refractivity contribution in [1.82, 2.24) is 10.2 Å². The average molecular weight is 325 g/mol. The first-order valence-electron chi connectivity index (χ1n) is 7.15. The molecule has 3 rings (SSSR count). The van der Waals surface area contributed by atoms with Crippen LogP contribution in [0, 0.1) is 10.1 Å². The molecule has 7 heteroatoms. The Labute approximate surface area is 138 Å². The van der Waals surface area contributed by atoms with Crippen LogP contribution in [-0.4, -0.2) is 29.3 Å². The molecule has 0 spiro atoms. The standard InChI is InChI=1S/C17H15N3O4/c1-23-16-8-5-12(9-17(16)24-2)15-10-14(18-19-15)11-3-6-13(7-4-11)20(21)22/h3-10H,1-2H3,(H,18,19). The first-order valence-corrected chi connectivity index (χ1v) is 7.15. The lowest BCUT2D eigenvalue weighted by atomic mass is 10.1. The topological polar surface area (TPSA) is 90.3 Å². The summed E-state index contributed by atoms with van der Waals surface area (Å²) in [6.07, 6.45) is 0. The second-order valence-electron chi connectivity index (χ2n) is 5.04. The van der Waals surface area contributed by atoms with E-state index in [9.17, 15) is 10.1 Å². The summed E-state index contributed by atoms with van der Waals surface area (Å²) in [6, 6.07) is 13.7. The van der Waals surface area contributed by atoms with Gasteiger partial charge in [0.25, 0.3) is 5.69 Å². The molecule has 24 heavy (non-hydrogen) atoms. The molecule has 0 bridgehead atoms. The van der Waals surface area contributed by atoms with Crippen molar-refractivity contribution >= 4 is 5.69 Å². The molecule has 0 amide bonds. The lowest BCUT2D eigenvalue weighted by molar-refractivity contribution is -0.384. The molecule has 0 fully saturated rings. The maximum atomic E-state index is 10.7. The molecule has 1 N–H and O–H groups in total. The first kappa shape index (κ1) is 15.5. The van der Waals surface area contributed by atoms with Gasteiger partial charge < -0.3 is 9.47 Å². The van der Waals surface area contributed by atoms with Crippen LogP contribution in [0.15, 0.2) is 48.5 Å². The van der Waals surface area contributed by atoms with Crippen molar-refractivity contribution < 1.29 is 14.4 Å². The molecular weight excluding hydrogens is 310 g/mol. The number of H-pyrrole nitrogens is 1. The minimum Gasteiger partial charge on any atom is -0.493 e. The van der Waals surface area contributed by atoms with Crippen LogP contribution < -0.4 is 9.47 Å². The fourth-order valence-corrected chi connectivity index (χ4v) is 2.38. The highest BCUT2D eigenvalue weighted by atomic mass is 16.6. The summed E-state index contributed by atoms with van der Waals surface area (Å²) in [6.45, 7) is 0. The van der Waals surface area contributed by atoms with Crippen molar-refractivity contribution in [2.24, 2.45) is 0 Å². The lowest BCUT2D eigenvalue weighted by Crippen LogP contribution is -1.90. The van der Waals surface area contributed by atoms with Crippen LogP contribution in [0.1, 0.15) is 0 Å². The summed E-state index contributed by atoms with van der Waals surface area (Å²) in [5.41, 5.74) is 3.26. The van der Waals surface area contributed by atoms with Crippen molar-refractivity contribution in [2.75, 3.05) is 14.2 Å². The number of nitro benzene ring substituents is 1. The Hall–Kier alpha value is -3.35. The Kier molecular flexibility index (Phi) is 4.15. The monoisotopic (exact) mass is 325 g/mol. The highest BCUT2D eigenvalue weighted by Gasteiger charge is 2.11. The van der Waals surface area contributed by atoms with Crippen LogP contribution >= 0.6 is 0 Å². The van der Waals surface area contributed by atoms with Gasteiger partial charge in [0.1, 0.15) is 0 Å². The van der Waals surface area contributed by atoms with E-state index < -0.39 is 4.92 Å². The van der Waals surface area contributed by atoms with E-state index in [2.05, 4.69) is 10.2 Å². The third-order valence-corrected chi connectivity index (χ3v) is 3.65. The van der Waals surface area contributed by atoms with Crippen LogP contribution in [-0.2, 0) is 0 Å². The molecule has 0 atom stereocenters. The number of nitrogens with one attached hydrogen (secondary N) is 1. The lowest BCUT2D eigenvalue weighted by Gasteiger charge is -2.08. The highest BCUT2D eigenvalue weighted by Crippen LogP contribution is 2.32. The van der Waals surface area contributed by atoms with Crippen molar-refractivity contribution in [3.05, 3.63) is 58.6 Å². The fraction of sp³-hybridized carbons (Fsp3) is 0.118. The summed E-state index contributed by atoms with van der Waals surface area (Å²) in [4.78, 5) is 10.3. The minimum absolute atomic E-state index is 0.0541. The van der Waals surface area contributed by atoms with Crippen molar-refractivity contribution in [1.29, 1.82) is 0 Å². The number of aromatic nitrogens is 2. The van der Waals surface area contributed by atoms with Gasteiger partial charge in [-0.05, 0) is 36.4 Å². The smallest absolute Gasteiger partial charge is 0.269 e. The van der Waals surface area contributed by atoms with Gasteiger partial charge >= 0.3 is 0 Å². The number of ether oxygens (including phenoxy) is 2. The van der Waals surface area contributed by atoms with Gasteiger partial charge in [-0.3, -0.25) is 15.2 Å². The van der Waals surface area contributed by atoms with E-state index in [0.717, 1.165) is 22.5 Å². The predicted molar refractivity (Wildman–Crippen MR) is 89.2 cm³/mol. The number of aromatic amines is 1. The van der Waals surface area contributed by atoms with E-state index in [4.69, 9.17) is 9.47 Å². The maximum absolute atomic E-state index is 10.7. The number of non-ortho nitro benzene ring substituents is 1. The molecule has 0 unspecified atom stereocenters. The van der Waals surface area contributed by atoms with E-state index in [1.54, 1.807) is 26.4 Å². The fourth-order valence-electron chi connectivity index (χ4n) is 2.38. The summed E-state index contributed by atoms with van der Waals surface area (Å²) < 4.78 is 10.5. The van der Waals surface area contributed by atoms with E-state index in [0.29, 0.717) is 11.5 Å². The molecule has 0 radical (unpaired) electrons. The molecule has 0 aliphatic carbocycles. The number of nitro groups is 1. The van der Waals surface area contributed by atoms with Crippen LogP contribution in [0.25, 0.3) is 22.5 Å². The maximum Gasteiger partial charge on any atom is 0.269 e. The largest absolute Gasteiger partial charge is 0.493 e. The van der Waals surface area contributed by atoms with Crippen LogP contribution in [0.3, 0.4) is 0 Å². The molecule has 1 heterocycles. The molecule has 0 aliphatic heterocycles. The summed E-state index contributed by atoms with van der Waals surface area (Å²) >= 11 is 0. The van der Waals surface area contributed by atoms with Crippen LogP contribution in [0.2, 0.25) is 0 Å². The first-order chi connectivity index (χ1) is 11.6. The van der Waals surface area contributed by atoms with Crippen molar-refractivity contribution in [3.63, 3.8) is 0 Å². The molecule has 0 saturated carbocycles. The number of hydrogen-bond acceptors (Lipinski definition) is 5. The van der Waals surface area contributed by atoms with Crippen molar-refractivity contribution in [3.8, 4) is 34.0 Å². The Morgan fingerprint density at radius 2 is 1.62 bits per heavy atom. The van der Waals surface area contributed by atoms with Gasteiger partial charge in [0, 0.05) is 23.3 Å². The molecule has 2 aromatic carbocycles.